The van der Waals surface area contributed by atoms with Crippen LogP contribution in [0.15, 0.2) is 18.2 Å². The number of nitrogens with one attached hydrogen (secondary N) is 2. The molecule has 1 aromatic rings. The summed E-state index contributed by atoms with van der Waals surface area (Å²) >= 11 is 0. The fraction of sp³-hybridized carbons (Fsp3) is 0.556. The molecule has 0 aromatic heterocycles. The summed E-state index contributed by atoms with van der Waals surface area (Å²) in [6, 6.07) is 5.11. The van der Waals surface area contributed by atoms with Crippen molar-refractivity contribution in [2.24, 2.45) is 0 Å². The van der Waals surface area contributed by atoms with Gasteiger partial charge in [0.25, 0.3) is 5.91 Å². The summed E-state index contributed by atoms with van der Waals surface area (Å²) in [5.41, 5.74) is 2.13. The molecule has 0 bridgehead atoms. The van der Waals surface area contributed by atoms with Crippen LogP contribution in [-0.4, -0.2) is 63.4 Å². The molecular formula is C18H27N3O4. The molecule has 1 fully saturated rings. The molecule has 1 saturated heterocycles. The number of anilines is 1. The van der Waals surface area contributed by atoms with E-state index < -0.39 is 0 Å². The van der Waals surface area contributed by atoms with Crippen molar-refractivity contribution in [1.29, 1.82) is 0 Å². The summed E-state index contributed by atoms with van der Waals surface area (Å²) in [7, 11) is 1.66. The summed E-state index contributed by atoms with van der Waals surface area (Å²) in [5, 5.41) is 5.63. The van der Waals surface area contributed by atoms with Gasteiger partial charge in [-0.3, -0.25) is 4.79 Å². The first kappa shape index (κ1) is 19.2. The fourth-order valence-electron chi connectivity index (χ4n) is 2.58. The molecule has 25 heavy (non-hydrogen) atoms. The summed E-state index contributed by atoms with van der Waals surface area (Å²) < 4.78 is 10.2. The lowest BCUT2D eigenvalue weighted by atomic mass is 10.1. The highest BCUT2D eigenvalue weighted by molar-refractivity contribution is 5.97. The minimum atomic E-state index is -0.267. The maximum absolute atomic E-state index is 12.6. The first-order valence-corrected chi connectivity index (χ1v) is 8.63. The van der Waals surface area contributed by atoms with Crippen molar-refractivity contribution in [2.75, 3.05) is 51.9 Å². The maximum Gasteiger partial charge on any atom is 0.319 e. The second-order valence-corrected chi connectivity index (χ2v) is 6.02. The number of benzene rings is 1. The highest BCUT2D eigenvalue weighted by Crippen LogP contribution is 2.18. The second kappa shape index (κ2) is 10.0. The first-order valence-electron chi connectivity index (χ1n) is 8.63. The molecule has 1 aliphatic heterocycles. The molecule has 3 amide bonds. The van der Waals surface area contributed by atoms with Crippen LogP contribution in [-0.2, 0) is 9.47 Å². The molecule has 1 aromatic carbocycles. The quantitative estimate of drug-likeness (QED) is 0.738. The van der Waals surface area contributed by atoms with Crippen molar-refractivity contribution in [1.82, 2.24) is 10.2 Å². The van der Waals surface area contributed by atoms with Gasteiger partial charge in [0, 0.05) is 44.6 Å². The molecule has 7 heteroatoms. The van der Waals surface area contributed by atoms with Crippen molar-refractivity contribution in [3.05, 3.63) is 29.3 Å². The lowest BCUT2D eigenvalue weighted by Crippen LogP contribution is -2.40. The van der Waals surface area contributed by atoms with Crippen molar-refractivity contribution < 1.29 is 19.1 Å². The Morgan fingerprint density at radius 1 is 1.24 bits per heavy atom. The Kier molecular flexibility index (Phi) is 7.69. The molecule has 0 atom stereocenters. The number of hydrogen-bond donors (Lipinski definition) is 2. The Morgan fingerprint density at radius 3 is 2.72 bits per heavy atom. The van der Waals surface area contributed by atoms with Gasteiger partial charge in [-0.05, 0) is 37.5 Å². The van der Waals surface area contributed by atoms with E-state index in [0.717, 1.165) is 18.4 Å². The molecule has 0 radical (unpaired) electrons. The Balaban J connectivity index is 1.91. The van der Waals surface area contributed by atoms with Gasteiger partial charge in [-0.1, -0.05) is 6.07 Å². The van der Waals surface area contributed by atoms with Gasteiger partial charge < -0.3 is 25.0 Å². The number of carbonyl (C=O) groups excluding carboxylic acids is 2. The maximum atomic E-state index is 12.6. The molecule has 1 aliphatic rings. The van der Waals surface area contributed by atoms with Gasteiger partial charge in [0.2, 0.25) is 0 Å². The Bertz CT molecular complexity index is 586. The number of rotatable bonds is 7. The van der Waals surface area contributed by atoms with E-state index in [-0.39, 0.29) is 11.9 Å². The summed E-state index contributed by atoms with van der Waals surface area (Å²) in [6.07, 6.45) is 1.76. The number of nitrogens with zero attached hydrogens (tertiary/aromatic N) is 1. The third-order valence-corrected chi connectivity index (χ3v) is 4.09. The number of carbonyl (C=O) groups is 2. The number of aryl methyl sites for hydroxylation is 1. The molecule has 0 aliphatic carbocycles. The second-order valence-electron chi connectivity index (χ2n) is 6.02. The molecule has 7 nitrogen and oxygen atoms in total. The van der Waals surface area contributed by atoms with E-state index in [9.17, 15) is 9.59 Å². The average Bonchev–Trinajstić information content (AvgIpc) is 2.63. The van der Waals surface area contributed by atoms with Gasteiger partial charge >= 0.3 is 6.03 Å². The van der Waals surface area contributed by atoms with Gasteiger partial charge in [0.1, 0.15) is 0 Å². The van der Waals surface area contributed by atoms with Crippen LogP contribution in [0.25, 0.3) is 0 Å². The van der Waals surface area contributed by atoms with Gasteiger partial charge in [-0.25, -0.2) is 4.79 Å². The van der Waals surface area contributed by atoms with Crippen LogP contribution in [0.1, 0.15) is 28.8 Å². The van der Waals surface area contributed by atoms with Gasteiger partial charge in [0.15, 0.2) is 0 Å². The zero-order chi connectivity index (χ0) is 18.1. The summed E-state index contributed by atoms with van der Waals surface area (Å²) in [4.78, 5) is 26.3. The average molecular weight is 349 g/mol. The molecular weight excluding hydrogens is 322 g/mol. The van der Waals surface area contributed by atoms with E-state index in [1.807, 2.05) is 13.0 Å². The predicted octanol–water partition coefficient (Wildman–Crippen LogP) is 2.02. The van der Waals surface area contributed by atoms with E-state index in [1.165, 1.54) is 0 Å². The molecule has 2 rings (SSSR count). The Hall–Kier alpha value is -2.12. The van der Waals surface area contributed by atoms with Crippen LogP contribution in [0.4, 0.5) is 10.5 Å². The lowest BCUT2D eigenvalue weighted by Gasteiger charge is -2.27. The van der Waals surface area contributed by atoms with Gasteiger partial charge in [0.05, 0.1) is 13.2 Å². The lowest BCUT2D eigenvalue weighted by molar-refractivity contribution is 0.0303. The Labute approximate surface area is 148 Å². The zero-order valence-electron chi connectivity index (χ0n) is 15.0. The molecule has 138 valence electrons. The van der Waals surface area contributed by atoms with E-state index in [2.05, 4.69) is 10.6 Å². The van der Waals surface area contributed by atoms with Crippen LogP contribution in [0.3, 0.4) is 0 Å². The number of amides is 3. The molecule has 1 heterocycles. The first-order chi connectivity index (χ1) is 12.1. The largest absolute Gasteiger partial charge is 0.385 e. The Morgan fingerprint density at radius 2 is 2.00 bits per heavy atom. The summed E-state index contributed by atoms with van der Waals surface area (Å²) in [6.45, 7) is 5.49. The number of unbranched alkanes of at least 4 members (excludes halogenated alkanes) is 1. The van der Waals surface area contributed by atoms with Gasteiger partial charge in [-0.15, -0.1) is 0 Å². The monoisotopic (exact) mass is 349 g/mol. The van der Waals surface area contributed by atoms with Crippen molar-refractivity contribution in [3.63, 3.8) is 0 Å². The van der Waals surface area contributed by atoms with Gasteiger partial charge in [-0.2, -0.15) is 0 Å². The number of methoxy groups -OCH3 is 1. The topological polar surface area (TPSA) is 79.9 Å². The molecule has 0 saturated carbocycles. The normalized spacial score (nSPS) is 14.2. The molecule has 0 spiro atoms. The van der Waals surface area contributed by atoms with Crippen molar-refractivity contribution in [2.45, 2.75) is 19.8 Å². The highest BCUT2D eigenvalue weighted by Gasteiger charge is 2.19. The van der Waals surface area contributed by atoms with Crippen molar-refractivity contribution >= 4 is 17.6 Å². The third kappa shape index (κ3) is 6.03. The predicted molar refractivity (Wildman–Crippen MR) is 96.0 cm³/mol. The van der Waals surface area contributed by atoms with Crippen LogP contribution < -0.4 is 10.6 Å². The fourth-order valence-corrected chi connectivity index (χ4v) is 2.58. The third-order valence-electron chi connectivity index (χ3n) is 4.09. The number of urea groups is 1. The van der Waals surface area contributed by atoms with E-state index in [0.29, 0.717) is 50.7 Å². The van der Waals surface area contributed by atoms with Crippen molar-refractivity contribution in [3.8, 4) is 0 Å². The number of morpholine rings is 1. The van der Waals surface area contributed by atoms with Crippen LogP contribution in [0, 0.1) is 6.92 Å². The summed E-state index contributed by atoms with van der Waals surface area (Å²) in [5.74, 6) is -0.0358. The van der Waals surface area contributed by atoms with Crippen LogP contribution in [0.5, 0.6) is 0 Å². The minimum absolute atomic E-state index is 0.0358. The van der Waals surface area contributed by atoms with E-state index in [1.54, 1.807) is 24.1 Å². The minimum Gasteiger partial charge on any atom is -0.385 e. The smallest absolute Gasteiger partial charge is 0.319 e. The van der Waals surface area contributed by atoms with E-state index >= 15 is 0 Å². The zero-order valence-corrected chi connectivity index (χ0v) is 15.0. The number of hydrogen-bond acceptors (Lipinski definition) is 4. The SMILES string of the molecule is COCCCCNC(=O)Nc1cc(C(=O)N2CCOCC2)ccc1C. The highest BCUT2D eigenvalue weighted by atomic mass is 16.5. The van der Waals surface area contributed by atoms with Crippen LogP contribution >= 0.6 is 0 Å². The standard InChI is InChI=1S/C18H27N3O4/c1-14-5-6-15(17(22)21-8-11-25-12-9-21)13-16(14)20-18(23)19-7-3-4-10-24-2/h5-6,13H,3-4,7-12H2,1-2H3,(H2,19,20,23). The number of ether oxygens (including phenoxy) is 2. The van der Waals surface area contributed by atoms with Crippen LogP contribution in [0.2, 0.25) is 0 Å². The molecule has 0 unspecified atom stereocenters. The molecule has 2 N–H and O–H groups in total. The van der Waals surface area contributed by atoms with E-state index in [4.69, 9.17) is 9.47 Å².